The van der Waals surface area contributed by atoms with Crippen molar-refractivity contribution in [1.82, 2.24) is 43.9 Å². The van der Waals surface area contributed by atoms with Crippen molar-refractivity contribution in [2.75, 3.05) is 33.5 Å². The van der Waals surface area contributed by atoms with Gasteiger partial charge in [-0.3, -0.25) is 9.29 Å². The molecular weight excluding hydrogens is 883 g/mol. The predicted octanol–water partition coefficient (Wildman–Crippen LogP) is 5.40. The molecule has 1 fully saturated rings. The van der Waals surface area contributed by atoms with Crippen LogP contribution in [0.4, 0.5) is 13.2 Å². The Balaban J connectivity index is 0.000000183. The molecule has 9 rings (SSSR count). The van der Waals surface area contributed by atoms with Crippen molar-refractivity contribution < 1.29 is 36.1 Å². The average molecular weight is 925 g/mol. The van der Waals surface area contributed by atoms with Crippen molar-refractivity contribution >= 4 is 75.8 Å². The van der Waals surface area contributed by atoms with E-state index in [-0.39, 0.29) is 12.4 Å². The van der Waals surface area contributed by atoms with Gasteiger partial charge in [0.1, 0.15) is 44.1 Å². The van der Waals surface area contributed by atoms with Gasteiger partial charge in [-0.15, -0.1) is 11.6 Å². The molecule has 0 bridgehead atoms. The molecule has 4 N–H and O–H groups in total. The second-order valence-electron chi connectivity index (χ2n) is 14.5. The van der Waals surface area contributed by atoms with Gasteiger partial charge in [-0.1, -0.05) is 12.1 Å². The topological polar surface area (TPSA) is 220 Å². The van der Waals surface area contributed by atoms with E-state index in [1.54, 1.807) is 18.5 Å². The summed E-state index contributed by atoms with van der Waals surface area (Å²) in [7, 11) is -9.26. The first kappa shape index (κ1) is 43.9. The maximum atomic E-state index is 14.5. The van der Waals surface area contributed by atoms with E-state index in [2.05, 4.69) is 29.8 Å². The van der Waals surface area contributed by atoms with Gasteiger partial charge < -0.3 is 13.9 Å². The maximum absolute atomic E-state index is 14.5. The normalized spacial score (nSPS) is 13.8. The smallest absolute Gasteiger partial charge is 0.240 e. The van der Waals surface area contributed by atoms with Gasteiger partial charge in [0.25, 0.3) is 0 Å². The largest absolute Gasteiger partial charge is 0.379 e. The molecule has 0 atom stereocenters. The Bertz CT molecular complexity index is 3260. The van der Waals surface area contributed by atoms with E-state index < -0.39 is 48.6 Å². The average Bonchev–Trinajstić information content (AvgIpc) is 3.77. The van der Waals surface area contributed by atoms with Crippen LogP contribution in [0.15, 0.2) is 82.8 Å². The minimum absolute atomic E-state index is 0.146. The summed E-state index contributed by atoms with van der Waals surface area (Å²) < 4.78 is 99.7. The summed E-state index contributed by atoms with van der Waals surface area (Å²) >= 11 is 6.07. The van der Waals surface area contributed by atoms with Crippen molar-refractivity contribution in [3.8, 4) is 0 Å². The van der Waals surface area contributed by atoms with Crippen LogP contribution in [0.3, 0.4) is 0 Å². The van der Waals surface area contributed by atoms with Crippen LogP contribution in [0.25, 0.3) is 44.1 Å². The zero-order chi connectivity index (χ0) is 45.9. The van der Waals surface area contributed by atoms with Gasteiger partial charge in [0.2, 0.25) is 20.0 Å². The van der Waals surface area contributed by atoms with Crippen LogP contribution in [0, 0.1) is 25.5 Å². The molecule has 0 amide bonds. The third kappa shape index (κ3) is 9.78. The van der Waals surface area contributed by atoms with Gasteiger partial charge in [-0.05, 0) is 73.5 Å². The number of primary sulfonamides is 2. The van der Waals surface area contributed by atoms with E-state index in [1.807, 2.05) is 47.2 Å². The molecule has 1 aliphatic rings. The number of aromatic nitrogens is 8. The van der Waals surface area contributed by atoms with Gasteiger partial charge in [-0.2, -0.15) is 0 Å². The fraction of sp³-hybridized carbons (Fsp3) is 0.268. The van der Waals surface area contributed by atoms with Crippen LogP contribution >= 0.6 is 11.6 Å². The van der Waals surface area contributed by atoms with Crippen molar-refractivity contribution in [3.05, 3.63) is 119 Å². The van der Waals surface area contributed by atoms with Gasteiger partial charge in [0.05, 0.1) is 57.6 Å². The number of alkyl halides is 2. The van der Waals surface area contributed by atoms with Crippen LogP contribution in [0.5, 0.6) is 0 Å². The fourth-order valence-electron chi connectivity index (χ4n) is 7.32. The first-order valence-corrected chi connectivity index (χ1v) is 22.7. The summed E-state index contributed by atoms with van der Waals surface area (Å²) in [5, 5.41) is 11.8. The Labute approximate surface area is 366 Å². The number of fused-ring (bicyclic) bond motifs is 6. The lowest BCUT2D eigenvalue weighted by Crippen LogP contribution is -2.36. The number of sulfonamides is 2. The van der Waals surface area contributed by atoms with E-state index in [1.165, 1.54) is 18.2 Å². The van der Waals surface area contributed by atoms with Crippen LogP contribution in [0.1, 0.15) is 35.5 Å². The maximum Gasteiger partial charge on any atom is 0.240 e. The molecule has 7 heterocycles. The summed E-state index contributed by atoms with van der Waals surface area (Å²) in [5.41, 5.74) is 7.01. The SMILES string of the molecule is Cc1ccc2c(ncc3nc(CCl)n(Cc4ccc(S(N)(=O)=O)c(F)c4)c32)n1.Cc1ccc2c(ncc3nc(CN4CCOCC4)n(Cc4ccc(S(N)(=O)=O)c(F)c4)c32)n1.[2H]CF. The molecule has 8 aromatic rings. The molecule has 0 spiro atoms. The number of aryl methyl sites for hydroxylation is 2. The molecular formula is C41H41ClF3N11O5S2. The minimum Gasteiger partial charge on any atom is -0.379 e. The number of nitrogens with zero attached hydrogens (tertiary/aromatic N) is 9. The molecule has 0 radical (unpaired) electrons. The van der Waals surface area contributed by atoms with E-state index in [0.717, 1.165) is 69.8 Å². The highest BCUT2D eigenvalue weighted by atomic mass is 35.5. The molecule has 0 aliphatic carbocycles. The highest BCUT2D eigenvalue weighted by molar-refractivity contribution is 7.89. The molecule has 16 nitrogen and oxygen atoms in total. The highest BCUT2D eigenvalue weighted by Crippen LogP contribution is 2.29. The minimum atomic E-state index is -4.14. The quantitative estimate of drug-likeness (QED) is 0.174. The molecule has 1 aliphatic heterocycles. The number of imidazole rings is 2. The number of pyridine rings is 4. The third-order valence-electron chi connectivity index (χ3n) is 10.2. The molecule has 6 aromatic heterocycles. The van der Waals surface area contributed by atoms with Gasteiger partial charge in [0.15, 0.2) is 11.3 Å². The second-order valence-corrected chi connectivity index (χ2v) is 17.8. The highest BCUT2D eigenvalue weighted by Gasteiger charge is 2.22. The second kappa shape index (κ2) is 18.6. The van der Waals surface area contributed by atoms with E-state index in [9.17, 15) is 30.0 Å². The molecule has 330 valence electrons. The lowest BCUT2D eigenvalue weighted by Gasteiger charge is -2.26. The van der Waals surface area contributed by atoms with E-state index in [0.29, 0.717) is 60.1 Å². The number of hydrogen-bond donors (Lipinski definition) is 2. The summed E-state index contributed by atoms with van der Waals surface area (Å²) in [6.07, 6.45) is 3.33. The standard InChI is InChI=1S/C22H23FN6O3S.C18H15ClFN5O2S.CH3F/c1-14-2-4-16-21-18(11-25-22(16)26-14)27-20(13-28-6-8-32-9-7-28)29(21)12-15-3-5-19(17(23)10-15)33(24,30)31;1-10-2-4-12-17-14(8-22-18(12)23-10)24-16(7-19)25(17)9-11-3-5-15(13(20)6-11)28(21,26)27;1-2/h2-5,10-11H,6-9,12-13H2,1H3,(H2,24,30,31);2-6,8H,7,9H2,1H3,(H2,21,26,27);1H3/i;;1D. The zero-order valence-corrected chi connectivity index (χ0v) is 36.2. The number of ether oxygens (including phenoxy) is 1. The predicted molar refractivity (Wildman–Crippen MR) is 232 cm³/mol. The Morgan fingerprint density at radius 2 is 1.14 bits per heavy atom. The fourth-order valence-corrected chi connectivity index (χ4v) is 8.70. The van der Waals surface area contributed by atoms with E-state index in [4.69, 9.17) is 33.0 Å². The number of hydrogen-bond acceptors (Lipinski definition) is 12. The zero-order valence-electron chi connectivity index (χ0n) is 34.8. The number of nitrogens with two attached hydrogens (primary N) is 2. The summed E-state index contributed by atoms with van der Waals surface area (Å²) in [6.45, 7) is 7.82. The number of morpholine rings is 1. The van der Waals surface area contributed by atoms with Crippen molar-refractivity contribution in [2.45, 2.75) is 49.2 Å². The van der Waals surface area contributed by atoms with Gasteiger partial charge in [0, 0.05) is 48.3 Å². The molecule has 63 heavy (non-hydrogen) atoms. The number of halogens is 4. The Hall–Kier alpha value is -5.68. The van der Waals surface area contributed by atoms with Crippen molar-refractivity contribution in [1.29, 1.82) is 0 Å². The lowest BCUT2D eigenvalue weighted by molar-refractivity contribution is 0.0327. The summed E-state index contributed by atoms with van der Waals surface area (Å²) in [6, 6.07) is 15.5. The number of benzene rings is 2. The van der Waals surface area contributed by atoms with Gasteiger partial charge >= 0.3 is 0 Å². The van der Waals surface area contributed by atoms with Gasteiger partial charge in [-0.25, -0.2) is 65.8 Å². The van der Waals surface area contributed by atoms with E-state index >= 15 is 0 Å². The molecule has 2 aromatic carbocycles. The Kier molecular flexibility index (Phi) is 13.0. The van der Waals surface area contributed by atoms with Crippen molar-refractivity contribution in [3.63, 3.8) is 0 Å². The Morgan fingerprint density at radius 1 is 0.698 bits per heavy atom. The summed E-state index contributed by atoms with van der Waals surface area (Å²) in [5.74, 6) is -0.244. The van der Waals surface area contributed by atoms with Crippen LogP contribution in [-0.2, 0) is 50.3 Å². The third-order valence-corrected chi connectivity index (χ3v) is 12.3. The molecule has 1 saturated heterocycles. The first-order valence-electron chi connectivity index (χ1n) is 19.8. The number of rotatable bonds is 9. The lowest BCUT2D eigenvalue weighted by atomic mass is 10.2. The summed E-state index contributed by atoms with van der Waals surface area (Å²) in [4.78, 5) is 28.3. The Morgan fingerprint density at radius 3 is 1.57 bits per heavy atom. The first-order chi connectivity index (χ1) is 30.5. The molecule has 0 unspecified atom stereocenters. The van der Waals surface area contributed by atoms with Crippen LogP contribution in [0.2, 0.25) is 0 Å². The van der Waals surface area contributed by atoms with Crippen molar-refractivity contribution in [2.24, 2.45) is 10.3 Å². The monoisotopic (exact) mass is 924 g/mol. The van der Waals surface area contributed by atoms with Crippen LogP contribution < -0.4 is 10.3 Å². The molecule has 0 saturated carbocycles. The molecule has 22 heteroatoms. The van der Waals surface area contributed by atoms with Crippen LogP contribution in [-0.4, -0.2) is 94.2 Å².